The summed E-state index contributed by atoms with van der Waals surface area (Å²) >= 11 is 0. The number of aryl methyl sites for hydroxylation is 1. The number of aromatic nitrogens is 1. The summed E-state index contributed by atoms with van der Waals surface area (Å²) in [6.45, 7) is 2.69. The molecule has 5 nitrogen and oxygen atoms in total. The Balaban J connectivity index is 2.15. The first-order valence-electron chi connectivity index (χ1n) is 6.09. The zero-order valence-electron chi connectivity index (χ0n) is 10.6. The fraction of sp³-hybridized carbons (Fsp3) is 0.308. The molecule has 0 saturated carbocycles. The van der Waals surface area contributed by atoms with Gasteiger partial charge in [-0.2, -0.15) is 4.31 Å². The van der Waals surface area contributed by atoms with Crippen LogP contribution in [0.2, 0.25) is 0 Å². The van der Waals surface area contributed by atoms with Crippen molar-refractivity contribution in [1.29, 1.82) is 0 Å². The summed E-state index contributed by atoms with van der Waals surface area (Å²) in [7, 11) is -3.48. The lowest BCUT2D eigenvalue weighted by molar-refractivity contribution is 0.266. The summed E-state index contributed by atoms with van der Waals surface area (Å²) in [5.74, 6) is 0. The van der Waals surface area contributed by atoms with Crippen molar-refractivity contribution in [3.63, 3.8) is 0 Å². The maximum Gasteiger partial charge on any atom is 0.245 e. The van der Waals surface area contributed by atoms with E-state index in [2.05, 4.69) is 4.98 Å². The van der Waals surface area contributed by atoms with E-state index in [0.717, 1.165) is 10.9 Å². The van der Waals surface area contributed by atoms with Gasteiger partial charge in [-0.05, 0) is 24.6 Å². The van der Waals surface area contributed by atoms with E-state index < -0.39 is 10.0 Å². The molecule has 1 fully saturated rings. The smallest absolute Gasteiger partial charge is 0.245 e. The molecular weight excluding hydrogens is 262 g/mol. The Labute approximate surface area is 112 Å². The van der Waals surface area contributed by atoms with Crippen molar-refractivity contribution in [3.8, 4) is 0 Å². The fourth-order valence-corrected chi connectivity index (χ4v) is 3.98. The molecule has 1 saturated heterocycles. The van der Waals surface area contributed by atoms with E-state index in [9.17, 15) is 8.42 Å². The fourth-order valence-electron chi connectivity index (χ4n) is 2.26. The highest BCUT2D eigenvalue weighted by Gasteiger charge is 2.35. The SMILES string of the molecule is Cc1cnc2c(S(=O)(=O)N3CC(N)C3)cccc2c1. The Hall–Kier alpha value is -1.50. The number of hydrogen-bond acceptors (Lipinski definition) is 4. The summed E-state index contributed by atoms with van der Waals surface area (Å²) in [5.41, 5.74) is 7.18. The summed E-state index contributed by atoms with van der Waals surface area (Å²) in [6, 6.07) is 7.10. The van der Waals surface area contributed by atoms with Gasteiger partial charge in [0.2, 0.25) is 10.0 Å². The second kappa shape index (κ2) is 4.26. The molecule has 1 aromatic carbocycles. The first kappa shape index (κ1) is 12.5. The van der Waals surface area contributed by atoms with Gasteiger partial charge in [0.15, 0.2) is 0 Å². The Morgan fingerprint density at radius 3 is 2.79 bits per heavy atom. The number of rotatable bonds is 2. The topological polar surface area (TPSA) is 76.3 Å². The second-order valence-corrected chi connectivity index (χ2v) is 6.83. The van der Waals surface area contributed by atoms with Crippen molar-refractivity contribution in [2.75, 3.05) is 13.1 Å². The van der Waals surface area contributed by atoms with E-state index in [1.807, 2.05) is 19.1 Å². The Kier molecular flexibility index (Phi) is 2.81. The van der Waals surface area contributed by atoms with Crippen molar-refractivity contribution >= 4 is 20.9 Å². The molecule has 19 heavy (non-hydrogen) atoms. The molecule has 2 aromatic rings. The molecule has 2 heterocycles. The predicted octanol–water partition coefficient (Wildman–Crippen LogP) is 0.875. The van der Waals surface area contributed by atoms with E-state index in [1.54, 1.807) is 18.3 Å². The van der Waals surface area contributed by atoms with Crippen LogP contribution in [0.1, 0.15) is 5.56 Å². The normalized spacial score (nSPS) is 17.6. The molecule has 1 aliphatic rings. The van der Waals surface area contributed by atoms with Crippen molar-refractivity contribution < 1.29 is 8.42 Å². The second-order valence-electron chi connectivity index (χ2n) is 4.92. The quantitative estimate of drug-likeness (QED) is 0.884. The number of sulfonamides is 1. The van der Waals surface area contributed by atoms with Gasteiger partial charge < -0.3 is 5.73 Å². The van der Waals surface area contributed by atoms with Gasteiger partial charge in [0.25, 0.3) is 0 Å². The number of benzene rings is 1. The van der Waals surface area contributed by atoms with Gasteiger partial charge in [-0.15, -0.1) is 0 Å². The van der Waals surface area contributed by atoms with Crippen LogP contribution in [-0.4, -0.2) is 36.8 Å². The molecule has 3 rings (SSSR count). The summed E-state index contributed by atoms with van der Waals surface area (Å²) in [4.78, 5) is 4.53. The molecule has 0 aliphatic carbocycles. The van der Waals surface area contributed by atoms with Gasteiger partial charge in [-0.3, -0.25) is 4.98 Å². The Morgan fingerprint density at radius 1 is 1.37 bits per heavy atom. The van der Waals surface area contributed by atoms with Crippen molar-refractivity contribution in [1.82, 2.24) is 9.29 Å². The Bertz CT molecular complexity index is 737. The third-order valence-electron chi connectivity index (χ3n) is 3.30. The minimum atomic E-state index is -3.48. The van der Waals surface area contributed by atoms with Crippen LogP contribution in [0.4, 0.5) is 0 Å². The summed E-state index contributed by atoms with van der Waals surface area (Å²) < 4.78 is 26.4. The predicted molar refractivity (Wildman–Crippen MR) is 73.2 cm³/mol. The number of pyridine rings is 1. The Morgan fingerprint density at radius 2 is 2.11 bits per heavy atom. The highest BCUT2D eigenvalue weighted by atomic mass is 32.2. The molecule has 0 atom stereocenters. The van der Waals surface area contributed by atoms with E-state index >= 15 is 0 Å². The van der Waals surface area contributed by atoms with Gasteiger partial charge in [-0.1, -0.05) is 12.1 Å². The molecule has 1 aliphatic heterocycles. The molecule has 0 amide bonds. The molecule has 1 aromatic heterocycles. The van der Waals surface area contributed by atoms with Crippen LogP contribution in [0.3, 0.4) is 0 Å². The van der Waals surface area contributed by atoms with Crippen molar-refractivity contribution in [3.05, 3.63) is 36.0 Å². The molecule has 6 heteroatoms. The average molecular weight is 277 g/mol. The minimum Gasteiger partial charge on any atom is -0.325 e. The van der Waals surface area contributed by atoms with Crippen LogP contribution in [0, 0.1) is 6.92 Å². The first-order valence-corrected chi connectivity index (χ1v) is 7.53. The van der Waals surface area contributed by atoms with Gasteiger partial charge in [-0.25, -0.2) is 8.42 Å². The van der Waals surface area contributed by atoms with Crippen LogP contribution >= 0.6 is 0 Å². The van der Waals surface area contributed by atoms with Crippen molar-refractivity contribution in [2.45, 2.75) is 17.9 Å². The standard InChI is InChI=1S/C13H15N3O2S/c1-9-5-10-3-2-4-12(13(10)15-6-9)19(17,18)16-7-11(14)8-16/h2-6,11H,7-8,14H2,1H3. The maximum atomic E-state index is 12.5. The van der Waals surface area contributed by atoms with E-state index in [-0.39, 0.29) is 10.9 Å². The number of para-hydroxylation sites is 1. The number of nitrogens with zero attached hydrogens (tertiary/aromatic N) is 2. The minimum absolute atomic E-state index is 0.0556. The first-order chi connectivity index (χ1) is 8.98. The highest BCUT2D eigenvalue weighted by Crippen LogP contribution is 2.26. The van der Waals surface area contributed by atoms with Crippen LogP contribution in [-0.2, 0) is 10.0 Å². The largest absolute Gasteiger partial charge is 0.325 e. The van der Waals surface area contributed by atoms with Gasteiger partial charge in [0, 0.05) is 30.7 Å². The van der Waals surface area contributed by atoms with Gasteiger partial charge >= 0.3 is 0 Å². The zero-order valence-corrected chi connectivity index (χ0v) is 11.4. The van der Waals surface area contributed by atoms with E-state index in [0.29, 0.717) is 18.6 Å². The zero-order chi connectivity index (χ0) is 13.6. The number of hydrogen-bond donors (Lipinski definition) is 1. The molecule has 100 valence electrons. The molecule has 0 spiro atoms. The van der Waals surface area contributed by atoms with Gasteiger partial charge in [0.1, 0.15) is 4.90 Å². The van der Waals surface area contributed by atoms with Crippen LogP contribution in [0.25, 0.3) is 10.9 Å². The third kappa shape index (κ3) is 2.01. The van der Waals surface area contributed by atoms with Crippen LogP contribution < -0.4 is 5.73 Å². The molecule has 0 unspecified atom stereocenters. The van der Waals surface area contributed by atoms with Crippen LogP contribution in [0.5, 0.6) is 0 Å². The van der Waals surface area contributed by atoms with Crippen molar-refractivity contribution in [2.24, 2.45) is 5.73 Å². The molecule has 0 bridgehead atoms. The lowest BCUT2D eigenvalue weighted by atomic mass is 10.2. The lowest BCUT2D eigenvalue weighted by Gasteiger charge is -2.35. The molecule has 0 radical (unpaired) electrons. The van der Waals surface area contributed by atoms with E-state index in [1.165, 1.54) is 4.31 Å². The molecule has 2 N–H and O–H groups in total. The number of nitrogens with two attached hydrogens (primary N) is 1. The van der Waals surface area contributed by atoms with Gasteiger partial charge in [0.05, 0.1) is 5.52 Å². The average Bonchev–Trinajstić information content (AvgIpc) is 2.33. The monoisotopic (exact) mass is 277 g/mol. The summed E-state index contributed by atoms with van der Waals surface area (Å²) in [6.07, 6.45) is 1.68. The molecular formula is C13H15N3O2S. The van der Waals surface area contributed by atoms with E-state index in [4.69, 9.17) is 5.73 Å². The maximum absolute atomic E-state index is 12.5. The summed E-state index contributed by atoms with van der Waals surface area (Å²) in [5, 5.41) is 0.839. The highest BCUT2D eigenvalue weighted by molar-refractivity contribution is 7.89. The third-order valence-corrected chi connectivity index (χ3v) is 5.17. The number of fused-ring (bicyclic) bond motifs is 1. The van der Waals surface area contributed by atoms with Crippen LogP contribution in [0.15, 0.2) is 35.4 Å². The lowest BCUT2D eigenvalue weighted by Crippen LogP contribution is -2.57.